The number of oxime groups is 1. The Morgan fingerprint density at radius 2 is 1.84 bits per heavy atom. The molecule has 0 amide bonds. The van der Waals surface area contributed by atoms with E-state index >= 15 is 0 Å². The second-order valence-corrected chi connectivity index (χ2v) is 5.56. The van der Waals surface area contributed by atoms with Crippen molar-refractivity contribution in [3.8, 4) is 0 Å². The highest BCUT2D eigenvalue weighted by molar-refractivity contribution is 5.95. The third kappa shape index (κ3) is 4.77. The van der Waals surface area contributed by atoms with Crippen LogP contribution in [0.1, 0.15) is 33.4 Å². The van der Waals surface area contributed by atoms with Gasteiger partial charge in [0.2, 0.25) is 0 Å². The van der Waals surface area contributed by atoms with E-state index in [2.05, 4.69) is 42.7 Å². The maximum Gasteiger partial charge on any atom is 0.188 e. The quantitative estimate of drug-likeness (QED) is 0.358. The number of aromatic nitrogens is 1. The molecule has 5 heteroatoms. The molecule has 5 nitrogen and oxygen atoms in total. The summed E-state index contributed by atoms with van der Waals surface area (Å²) in [5.41, 5.74) is 6.08. The average molecular weight is 264 g/mol. The van der Waals surface area contributed by atoms with Crippen LogP contribution in [0.5, 0.6) is 0 Å². The Balaban J connectivity index is 3.01. The van der Waals surface area contributed by atoms with Crippen LogP contribution in [0.4, 0.5) is 5.82 Å². The first-order valence-electron chi connectivity index (χ1n) is 6.64. The molecule has 0 unspecified atom stereocenters. The van der Waals surface area contributed by atoms with Crippen LogP contribution >= 0.6 is 0 Å². The van der Waals surface area contributed by atoms with Gasteiger partial charge in [0, 0.05) is 13.1 Å². The van der Waals surface area contributed by atoms with E-state index < -0.39 is 0 Å². The van der Waals surface area contributed by atoms with Crippen molar-refractivity contribution in [3.05, 3.63) is 23.9 Å². The number of nitrogens with zero attached hydrogens (tertiary/aromatic N) is 3. The molecule has 0 saturated carbocycles. The Morgan fingerprint density at radius 3 is 2.32 bits per heavy atom. The molecule has 0 atom stereocenters. The van der Waals surface area contributed by atoms with Gasteiger partial charge in [-0.3, -0.25) is 0 Å². The first-order chi connectivity index (χ1) is 8.93. The lowest BCUT2D eigenvalue weighted by molar-refractivity contribution is 0.318. The molecule has 0 aliphatic heterocycles. The van der Waals surface area contributed by atoms with Gasteiger partial charge in [0.25, 0.3) is 0 Å². The van der Waals surface area contributed by atoms with Gasteiger partial charge in [-0.15, -0.1) is 0 Å². The monoisotopic (exact) mass is 264 g/mol. The maximum atomic E-state index is 8.72. The highest BCUT2D eigenvalue weighted by Crippen LogP contribution is 2.15. The third-order valence-corrected chi connectivity index (χ3v) is 2.60. The lowest BCUT2D eigenvalue weighted by Gasteiger charge is -2.27. The van der Waals surface area contributed by atoms with Crippen LogP contribution in [-0.2, 0) is 0 Å². The van der Waals surface area contributed by atoms with Crippen molar-refractivity contribution in [1.29, 1.82) is 0 Å². The SMILES string of the molecule is CC(C)CN(CC(C)C)c1cccc(C(N)=NO)n1. The largest absolute Gasteiger partial charge is 0.409 e. The van der Waals surface area contributed by atoms with E-state index in [9.17, 15) is 0 Å². The van der Waals surface area contributed by atoms with Gasteiger partial charge >= 0.3 is 0 Å². The fourth-order valence-corrected chi connectivity index (χ4v) is 1.94. The minimum absolute atomic E-state index is 0.0379. The van der Waals surface area contributed by atoms with Gasteiger partial charge < -0.3 is 15.8 Å². The van der Waals surface area contributed by atoms with E-state index in [1.807, 2.05) is 12.1 Å². The van der Waals surface area contributed by atoms with Crippen LogP contribution in [0.3, 0.4) is 0 Å². The molecule has 1 heterocycles. The van der Waals surface area contributed by atoms with Gasteiger partial charge in [-0.1, -0.05) is 38.9 Å². The van der Waals surface area contributed by atoms with Crippen molar-refractivity contribution in [2.45, 2.75) is 27.7 Å². The average Bonchev–Trinajstić information content (AvgIpc) is 2.36. The summed E-state index contributed by atoms with van der Waals surface area (Å²) in [6.45, 7) is 10.6. The van der Waals surface area contributed by atoms with Crippen molar-refractivity contribution < 1.29 is 5.21 Å². The van der Waals surface area contributed by atoms with Crippen LogP contribution in [0.15, 0.2) is 23.4 Å². The standard InChI is InChI=1S/C14H24N4O/c1-10(2)8-18(9-11(3)4)13-7-5-6-12(16-13)14(15)17-19/h5-7,10-11,19H,8-9H2,1-4H3,(H2,15,17). The number of nitrogens with two attached hydrogens (primary N) is 1. The highest BCUT2D eigenvalue weighted by Gasteiger charge is 2.13. The zero-order chi connectivity index (χ0) is 14.4. The maximum absolute atomic E-state index is 8.72. The van der Waals surface area contributed by atoms with E-state index in [1.54, 1.807) is 6.07 Å². The molecule has 1 aromatic heterocycles. The van der Waals surface area contributed by atoms with Crippen LogP contribution in [-0.4, -0.2) is 29.1 Å². The first kappa shape index (κ1) is 15.3. The molecule has 106 valence electrons. The molecule has 0 spiro atoms. The Bertz CT molecular complexity index is 419. The van der Waals surface area contributed by atoms with Gasteiger partial charge in [-0.05, 0) is 24.0 Å². The molecule has 1 rings (SSSR count). The Hall–Kier alpha value is -1.78. The topological polar surface area (TPSA) is 74.7 Å². The lowest BCUT2D eigenvalue weighted by Crippen LogP contribution is -2.32. The zero-order valence-corrected chi connectivity index (χ0v) is 12.2. The second-order valence-electron chi connectivity index (χ2n) is 5.56. The van der Waals surface area contributed by atoms with Crippen molar-refractivity contribution in [1.82, 2.24) is 4.98 Å². The molecule has 1 aromatic rings. The van der Waals surface area contributed by atoms with Crippen molar-refractivity contribution in [2.75, 3.05) is 18.0 Å². The van der Waals surface area contributed by atoms with E-state index in [0.717, 1.165) is 18.9 Å². The normalized spacial score (nSPS) is 12.2. The van der Waals surface area contributed by atoms with Crippen molar-refractivity contribution in [3.63, 3.8) is 0 Å². The van der Waals surface area contributed by atoms with Crippen LogP contribution in [0.25, 0.3) is 0 Å². The molecule has 0 aliphatic rings. The molecular weight excluding hydrogens is 240 g/mol. The third-order valence-electron chi connectivity index (χ3n) is 2.60. The lowest BCUT2D eigenvalue weighted by atomic mass is 10.1. The molecular formula is C14H24N4O. The van der Waals surface area contributed by atoms with Crippen LogP contribution < -0.4 is 10.6 Å². The summed E-state index contributed by atoms with van der Waals surface area (Å²) >= 11 is 0. The number of amidine groups is 1. The van der Waals surface area contributed by atoms with Crippen molar-refractivity contribution >= 4 is 11.7 Å². The smallest absolute Gasteiger partial charge is 0.188 e. The van der Waals surface area contributed by atoms with Crippen LogP contribution in [0.2, 0.25) is 0 Å². The molecule has 19 heavy (non-hydrogen) atoms. The summed E-state index contributed by atoms with van der Waals surface area (Å²) in [5, 5.41) is 11.7. The molecule has 3 N–H and O–H groups in total. The minimum Gasteiger partial charge on any atom is -0.409 e. The summed E-state index contributed by atoms with van der Waals surface area (Å²) in [6.07, 6.45) is 0. The Labute approximate surface area is 115 Å². The summed E-state index contributed by atoms with van der Waals surface area (Å²) < 4.78 is 0. The molecule has 0 saturated heterocycles. The van der Waals surface area contributed by atoms with Crippen molar-refractivity contribution in [2.24, 2.45) is 22.7 Å². The first-order valence-corrected chi connectivity index (χ1v) is 6.64. The minimum atomic E-state index is 0.0379. The predicted molar refractivity (Wildman–Crippen MR) is 78.6 cm³/mol. The fourth-order valence-electron chi connectivity index (χ4n) is 1.94. The molecule has 0 fully saturated rings. The zero-order valence-electron chi connectivity index (χ0n) is 12.2. The fraction of sp³-hybridized carbons (Fsp3) is 0.571. The van der Waals surface area contributed by atoms with Gasteiger partial charge in [0.1, 0.15) is 11.5 Å². The molecule has 0 bridgehead atoms. The van der Waals surface area contributed by atoms with Gasteiger partial charge in [-0.2, -0.15) is 0 Å². The second kappa shape index (κ2) is 6.97. The van der Waals surface area contributed by atoms with Gasteiger partial charge in [0.15, 0.2) is 5.84 Å². The predicted octanol–water partition coefficient (Wildman–Crippen LogP) is 2.29. The number of hydrogen-bond acceptors (Lipinski definition) is 4. The number of rotatable bonds is 6. The van der Waals surface area contributed by atoms with Gasteiger partial charge in [0.05, 0.1) is 0 Å². The van der Waals surface area contributed by atoms with E-state index in [1.165, 1.54) is 0 Å². The van der Waals surface area contributed by atoms with E-state index in [4.69, 9.17) is 10.9 Å². The van der Waals surface area contributed by atoms with Crippen LogP contribution in [0, 0.1) is 11.8 Å². The summed E-state index contributed by atoms with van der Waals surface area (Å²) in [7, 11) is 0. The summed E-state index contributed by atoms with van der Waals surface area (Å²) in [6, 6.07) is 5.57. The number of hydrogen-bond donors (Lipinski definition) is 2. The van der Waals surface area contributed by atoms with E-state index in [-0.39, 0.29) is 5.84 Å². The molecule has 0 aromatic carbocycles. The Morgan fingerprint density at radius 1 is 1.26 bits per heavy atom. The number of pyridine rings is 1. The summed E-state index contributed by atoms with van der Waals surface area (Å²) in [5.74, 6) is 2.00. The van der Waals surface area contributed by atoms with E-state index in [0.29, 0.717) is 17.5 Å². The molecule has 0 radical (unpaired) electrons. The summed E-state index contributed by atoms with van der Waals surface area (Å²) in [4.78, 5) is 6.70. The van der Waals surface area contributed by atoms with Gasteiger partial charge in [-0.25, -0.2) is 4.98 Å². The Kier molecular flexibility index (Phi) is 5.60. The highest BCUT2D eigenvalue weighted by atomic mass is 16.4. The molecule has 0 aliphatic carbocycles. The number of anilines is 1.